The number of hydrogen-bond acceptors (Lipinski definition) is 3. The zero-order valence-electron chi connectivity index (χ0n) is 8.86. The van der Waals surface area contributed by atoms with E-state index in [0.717, 1.165) is 0 Å². The van der Waals surface area contributed by atoms with Crippen LogP contribution in [0, 0.1) is 11.8 Å². The summed E-state index contributed by atoms with van der Waals surface area (Å²) in [5.41, 5.74) is -1.21. The molecule has 1 saturated heterocycles. The molecule has 1 heterocycles. The predicted octanol–water partition coefficient (Wildman–Crippen LogP) is 0.883. The van der Waals surface area contributed by atoms with E-state index >= 15 is 0 Å². The quantitative estimate of drug-likeness (QED) is 0.713. The lowest BCUT2D eigenvalue weighted by atomic mass is 9.77. The fraction of sp³-hybridized carbons (Fsp3) is 0.900. The van der Waals surface area contributed by atoms with Gasteiger partial charge in [0.15, 0.2) is 0 Å². The summed E-state index contributed by atoms with van der Waals surface area (Å²) < 4.78 is 5.30. The molecule has 0 aromatic rings. The Balaban J connectivity index is 2.88. The van der Waals surface area contributed by atoms with Crippen molar-refractivity contribution in [2.45, 2.75) is 38.9 Å². The van der Waals surface area contributed by atoms with Crippen molar-refractivity contribution in [1.29, 1.82) is 0 Å². The molecule has 2 N–H and O–H groups in total. The highest BCUT2D eigenvalue weighted by atomic mass is 16.5. The smallest absolute Gasteiger partial charge is 0.309 e. The number of ether oxygens (including phenoxy) is 1. The third-order valence-corrected chi connectivity index (χ3v) is 3.38. The second kappa shape index (κ2) is 3.87. The molecule has 0 aromatic heterocycles. The predicted molar refractivity (Wildman–Crippen MR) is 50.9 cm³/mol. The number of hydrogen-bond donors (Lipinski definition) is 2. The lowest BCUT2D eigenvalue weighted by Gasteiger charge is -2.32. The minimum Gasteiger partial charge on any atom is -0.481 e. The van der Waals surface area contributed by atoms with E-state index in [4.69, 9.17) is 9.84 Å². The highest BCUT2D eigenvalue weighted by Crippen LogP contribution is 2.37. The van der Waals surface area contributed by atoms with Crippen LogP contribution in [-0.2, 0) is 9.53 Å². The Kier molecular flexibility index (Phi) is 3.17. The maximum absolute atomic E-state index is 11.0. The molecule has 1 aliphatic heterocycles. The molecule has 4 nitrogen and oxygen atoms in total. The third-order valence-electron chi connectivity index (χ3n) is 3.38. The second-order valence-electron chi connectivity index (χ2n) is 4.10. The number of carboxylic acids is 1. The van der Waals surface area contributed by atoms with E-state index in [1.807, 2.05) is 13.8 Å². The van der Waals surface area contributed by atoms with Gasteiger partial charge in [-0.2, -0.15) is 0 Å². The SMILES string of the molecule is CCC(C(=O)O)C1(O)COC(C)C1C. The normalized spacial score (nSPS) is 39.7. The van der Waals surface area contributed by atoms with E-state index in [0.29, 0.717) is 6.42 Å². The average Bonchev–Trinajstić information content (AvgIpc) is 2.35. The van der Waals surface area contributed by atoms with Gasteiger partial charge in [-0.1, -0.05) is 13.8 Å². The van der Waals surface area contributed by atoms with Crippen molar-refractivity contribution in [2.75, 3.05) is 6.61 Å². The molecule has 0 aromatic carbocycles. The molecule has 0 spiro atoms. The fourth-order valence-corrected chi connectivity index (χ4v) is 2.11. The van der Waals surface area contributed by atoms with Gasteiger partial charge in [0.05, 0.1) is 18.6 Å². The summed E-state index contributed by atoms with van der Waals surface area (Å²) in [7, 11) is 0. The van der Waals surface area contributed by atoms with Crippen molar-refractivity contribution in [1.82, 2.24) is 0 Å². The molecule has 1 aliphatic rings. The van der Waals surface area contributed by atoms with Crippen LogP contribution in [0.4, 0.5) is 0 Å². The van der Waals surface area contributed by atoms with E-state index < -0.39 is 17.5 Å². The van der Waals surface area contributed by atoms with Gasteiger partial charge in [0.25, 0.3) is 0 Å². The first-order valence-electron chi connectivity index (χ1n) is 5.00. The Morgan fingerprint density at radius 2 is 2.21 bits per heavy atom. The van der Waals surface area contributed by atoms with Crippen molar-refractivity contribution < 1.29 is 19.7 Å². The maximum atomic E-state index is 11.0. The van der Waals surface area contributed by atoms with Crippen molar-refractivity contribution in [3.05, 3.63) is 0 Å². The summed E-state index contributed by atoms with van der Waals surface area (Å²) in [4.78, 5) is 11.0. The molecular formula is C10H18O4. The van der Waals surface area contributed by atoms with Crippen molar-refractivity contribution in [3.8, 4) is 0 Å². The minimum absolute atomic E-state index is 0.0756. The molecule has 82 valence electrons. The Labute approximate surface area is 83.9 Å². The number of aliphatic carboxylic acids is 1. The lowest BCUT2D eigenvalue weighted by Crippen LogP contribution is -2.48. The van der Waals surface area contributed by atoms with Crippen LogP contribution >= 0.6 is 0 Å². The van der Waals surface area contributed by atoms with Crippen molar-refractivity contribution in [3.63, 3.8) is 0 Å². The highest BCUT2D eigenvalue weighted by Gasteiger charge is 2.51. The van der Waals surface area contributed by atoms with Gasteiger partial charge in [0, 0.05) is 5.92 Å². The Hall–Kier alpha value is -0.610. The summed E-state index contributed by atoms with van der Waals surface area (Å²) >= 11 is 0. The molecular weight excluding hydrogens is 184 g/mol. The first-order valence-corrected chi connectivity index (χ1v) is 5.00. The molecule has 4 unspecified atom stereocenters. The molecule has 4 atom stereocenters. The summed E-state index contributed by atoms with van der Waals surface area (Å²) in [6.45, 7) is 5.59. The number of aliphatic hydroxyl groups is 1. The van der Waals surface area contributed by atoms with Crippen molar-refractivity contribution in [2.24, 2.45) is 11.8 Å². The molecule has 14 heavy (non-hydrogen) atoms. The zero-order valence-corrected chi connectivity index (χ0v) is 8.86. The first kappa shape index (κ1) is 11.5. The van der Waals surface area contributed by atoms with Crippen LogP contribution < -0.4 is 0 Å². The van der Waals surface area contributed by atoms with Crippen LogP contribution in [0.15, 0.2) is 0 Å². The standard InChI is InChI=1S/C10H18O4/c1-4-8(9(11)12)10(13)5-14-7(3)6(10)2/h6-8,13H,4-5H2,1-3H3,(H,11,12). The van der Waals surface area contributed by atoms with Gasteiger partial charge in [-0.25, -0.2) is 0 Å². The van der Waals surface area contributed by atoms with Gasteiger partial charge in [-0.05, 0) is 13.3 Å². The monoisotopic (exact) mass is 202 g/mol. The average molecular weight is 202 g/mol. The number of rotatable bonds is 3. The number of carbonyl (C=O) groups is 1. The molecule has 4 heteroatoms. The Morgan fingerprint density at radius 1 is 1.64 bits per heavy atom. The van der Waals surface area contributed by atoms with Gasteiger partial charge in [-0.3, -0.25) is 4.79 Å². The van der Waals surface area contributed by atoms with Gasteiger partial charge in [0.1, 0.15) is 5.60 Å². The van der Waals surface area contributed by atoms with Crippen LogP contribution in [0.5, 0.6) is 0 Å². The summed E-state index contributed by atoms with van der Waals surface area (Å²) in [5.74, 6) is -1.81. The van der Waals surface area contributed by atoms with Gasteiger partial charge < -0.3 is 14.9 Å². The molecule has 1 fully saturated rings. The van der Waals surface area contributed by atoms with Crippen LogP contribution in [0.2, 0.25) is 0 Å². The third kappa shape index (κ3) is 1.64. The Bertz CT molecular complexity index is 228. The summed E-state index contributed by atoms with van der Waals surface area (Å²) in [6.07, 6.45) is 0.347. The van der Waals surface area contributed by atoms with E-state index in [9.17, 15) is 9.90 Å². The van der Waals surface area contributed by atoms with E-state index in [2.05, 4.69) is 0 Å². The Morgan fingerprint density at radius 3 is 2.50 bits per heavy atom. The van der Waals surface area contributed by atoms with Gasteiger partial charge in [0.2, 0.25) is 0 Å². The maximum Gasteiger partial charge on any atom is 0.309 e. The largest absolute Gasteiger partial charge is 0.481 e. The van der Waals surface area contributed by atoms with E-state index in [1.54, 1.807) is 6.92 Å². The minimum atomic E-state index is -1.21. The van der Waals surface area contributed by atoms with Crippen LogP contribution in [0.25, 0.3) is 0 Å². The first-order chi connectivity index (χ1) is 6.43. The molecule has 1 rings (SSSR count). The van der Waals surface area contributed by atoms with Crippen LogP contribution in [0.1, 0.15) is 27.2 Å². The molecule has 0 amide bonds. The highest BCUT2D eigenvalue weighted by molar-refractivity contribution is 5.71. The van der Waals surface area contributed by atoms with Crippen LogP contribution in [-0.4, -0.2) is 34.5 Å². The van der Waals surface area contributed by atoms with E-state index in [1.165, 1.54) is 0 Å². The fourth-order valence-electron chi connectivity index (χ4n) is 2.11. The van der Waals surface area contributed by atoms with Gasteiger partial charge >= 0.3 is 5.97 Å². The zero-order chi connectivity index (χ0) is 10.9. The summed E-state index contributed by atoms with van der Waals surface area (Å²) in [6, 6.07) is 0. The van der Waals surface area contributed by atoms with E-state index in [-0.39, 0.29) is 18.6 Å². The molecule has 0 saturated carbocycles. The molecule has 0 radical (unpaired) electrons. The molecule has 0 aliphatic carbocycles. The van der Waals surface area contributed by atoms with Gasteiger partial charge in [-0.15, -0.1) is 0 Å². The second-order valence-corrected chi connectivity index (χ2v) is 4.10. The van der Waals surface area contributed by atoms with Crippen molar-refractivity contribution >= 4 is 5.97 Å². The lowest BCUT2D eigenvalue weighted by molar-refractivity contribution is -0.155. The molecule has 0 bridgehead atoms. The topological polar surface area (TPSA) is 66.8 Å². The number of carboxylic acid groups (broad SMARTS) is 1. The van der Waals surface area contributed by atoms with Crippen LogP contribution in [0.3, 0.4) is 0 Å². The summed E-state index contributed by atoms with van der Waals surface area (Å²) in [5, 5.41) is 19.2.